The highest BCUT2D eigenvalue weighted by molar-refractivity contribution is 5.31. The topological polar surface area (TPSA) is 29.3 Å². The van der Waals surface area contributed by atoms with E-state index in [4.69, 9.17) is 5.73 Å². The highest BCUT2D eigenvalue weighted by Gasteiger charge is 2.32. The van der Waals surface area contributed by atoms with Gasteiger partial charge in [0.05, 0.1) is 6.04 Å². The molecule has 2 atom stereocenters. The number of halogens is 1. The monoisotopic (exact) mass is 250 g/mol. The Labute approximate surface area is 109 Å². The molecule has 0 amide bonds. The van der Waals surface area contributed by atoms with Gasteiger partial charge in [0.2, 0.25) is 0 Å². The number of aryl methyl sites for hydroxylation is 1. The lowest BCUT2D eigenvalue weighted by atomic mass is 9.87. The van der Waals surface area contributed by atoms with Crippen LogP contribution in [0.15, 0.2) is 18.2 Å². The third-order valence-corrected chi connectivity index (χ3v) is 3.93. The van der Waals surface area contributed by atoms with E-state index in [0.717, 1.165) is 24.9 Å². The fourth-order valence-electron chi connectivity index (χ4n) is 3.01. The molecule has 2 N–H and O–H groups in total. The molecule has 0 radical (unpaired) electrons. The van der Waals surface area contributed by atoms with E-state index >= 15 is 0 Å². The fourth-order valence-corrected chi connectivity index (χ4v) is 3.01. The maximum Gasteiger partial charge on any atom is 0.123 e. The molecule has 0 aromatic heterocycles. The van der Waals surface area contributed by atoms with E-state index in [1.807, 2.05) is 13.0 Å². The van der Waals surface area contributed by atoms with E-state index in [-0.39, 0.29) is 17.9 Å². The van der Waals surface area contributed by atoms with Gasteiger partial charge >= 0.3 is 0 Å². The number of hydrogen-bond donors (Lipinski definition) is 1. The number of hydrogen-bond acceptors (Lipinski definition) is 2. The summed E-state index contributed by atoms with van der Waals surface area (Å²) in [5, 5.41) is 0. The van der Waals surface area contributed by atoms with Gasteiger partial charge in [-0.15, -0.1) is 0 Å². The Kier molecular flexibility index (Phi) is 4.03. The largest absolute Gasteiger partial charge is 0.326 e. The van der Waals surface area contributed by atoms with Crippen LogP contribution in [0, 0.1) is 12.7 Å². The first-order valence-corrected chi connectivity index (χ1v) is 6.78. The van der Waals surface area contributed by atoms with Crippen molar-refractivity contribution in [3.8, 4) is 0 Å². The zero-order valence-electron chi connectivity index (χ0n) is 11.5. The van der Waals surface area contributed by atoms with Gasteiger partial charge in [0.1, 0.15) is 5.82 Å². The van der Waals surface area contributed by atoms with Gasteiger partial charge in [0.25, 0.3) is 0 Å². The van der Waals surface area contributed by atoms with Crippen LogP contribution in [0.2, 0.25) is 0 Å². The molecule has 0 bridgehead atoms. The highest BCUT2D eigenvalue weighted by atomic mass is 19.1. The quantitative estimate of drug-likeness (QED) is 0.874. The number of nitrogens with two attached hydrogens (primary N) is 1. The Morgan fingerprint density at radius 1 is 1.39 bits per heavy atom. The predicted octanol–water partition coefficient (Wildman–Crippen LogP) is 3.01. The van der Waals surface area contributed by atoms with E-state index in [9.17, 15) is 4.39 Å². The smallest absolute Gasteiger partial charge is 0.123 e. The number of rotatable bonds is 2. The summed E-state index contributed by atoms with van der Waals surface area (Å²) in [6.07, 6.45) is 2.20. The van der Waals surface area contributed by atoms with Crippen molar-refractivity contribution in [1.82, 2.24) is 4.90 Å². The van der Waals surface area contributed by atoms with Crippen molar-refractivity contribution in [3.63, 3.8) is 0 Å². The van der Waals surface area contributed by atoms with Crippen LogP contribution >= 0.6 is 0 Å². The molecule has 0 aliphatic carbocycles. The molecule has 2 rings (SSSR count). The van der Waals surface area contributed by atoms with Crippen LogP contribution in [0.1, 0.15) is 43.9 Å². The Morgan fingerprint density at radius 3 is 2.72 bits per heavy atom. The molecule has 0 saturated carbocycles. The summed E-state index contributed by atoms with van der Waals surface area (Å²) in [5.41, 5.74) is 8.49. The van der Waals surface area contributed by atoms with Gasteiger partial charge in [0.15, 0.2) is 0 Å². The van der Waals surface area contributed by atoms with E-state index < -0.39 is 0 Å². The molecule has 1 saturated heterocycles. The molecular formula is C15H23FN2. The van der Waals surface area contributed by atoms with E-state index in [1.54, 1.807) is 12.1 Å². The second-order valence-electron chi connectivity index (χ2n) is 5.58. The zero-order valence-corrected chi connectivity index (χ0v) is 11.5. The highest BCUT2D eigenvalue weighted by Crippen LogP contribution is 2.33. The lowest BCUT2D eigenvalue weighted by Gasteiger charge is -2.43. The third kappa shape index (κ3) is 2.57. The second kappa shape index (κ2) is 5.37. The van der Waals surface area contributed by atoms with Crippen molar-refractivity contribution in [2.45, 2.75) is 51.7 Å². The average molecular weight is 250 g/mol. The molecule has 1 aromatic carbocycles. The molecule has 1 fully saturated rings. The van der Waals surface area contributed by atoms with Crippen LogP contribution in [0.5, 0.6) is 0 Å². The molecule has 0 spiro atoms. The van der Waals surface area contributed by atoms with Gasteiger partial charge in [-0.3, -0.25) is 4.90 Å². The van der Waals surface area contributed by atoms with Crippen molar-refractivity contribution in [1.29, 1.82) is 0 Å². The second-order valence-corrected chi connectivity index (χ2v) is 5.58. The SMILES string of the molecule is Cc1cc(F)ccc1C1C(N)CCCN1C(C)C. The lowest BCUT2D eigenvalue weighted by Crippen LogP contribution is -2.48. The molecule has 1 heterocycles. The maximum atomic E-state index is 13.2. The molecule has 1 aromatic rings. The summed E-state index contributed by atoms with van der Waals surface area (Å²) >= 11 is 0. The van der Waals surface area contributed by atoms with Crippen molar-refractivity contribution in [3.05, 3.63) is 35.1 Å². The maximum absolute atomic E-state index is 13.2. The minimum Gasteiger partial charge on any atom is -0.326 e. The number of piperidine rings is 1. The average Bonchev–Trinajstić information content (AvgIpc) is 2.29. The molecule has 18 heavy (non-hydrogen) atoms. The van der Waals surface area contributed by atoms with Crippen LogP contribution < -0.4 is 5.73 Å². The summed E-state index contributed by atoms with van der Waals surface area (Å²) in [5.74, 6) is -0.170. The Morgan fingerprint density at radius 2 is 2.11 bits per heavy atom. The van der Waals surface area contributed by atoms with Gasteiger partial charge in [-0.25, -0.2) is 4.39 Å². The molecule has 1 aliphatic rings. The zero-order chi connectivity index (χ0) is 13.3. The minimum absolute atomic E-state index is 0.144. The first kappa shape index (κ1) is 13.5. The van der Waals surface area contributed by atoms with Crippen LogP contribution in [-0.2, 0) is 0 Å². The summed E-state index contributed by atoms with van der Waals surface area (Å²) in [6, 6.07) is 5.88. The summed E-state index contributed by atoms with van der Waals surface area (Å²) < 4.78 is 13.2. The van der Waals surface area contributed by atoms with Crippen molar-refractivity contribution >= 4 is 0 Å². The third-order valence-electron chi connectivity index (χ3n) is 3.93. The Bertz CT molecular complexity index is 417. The first-order valence-electron chi connectivity index (χ1n) is 6.78. The van der Waals surface area contributed by atoms with Crippen LogP contribution in [-0.4, -0.2) is 23.5 Å². The Balaban J connectivity index is 2.37. The van der Waals surface area contributed by atoms with Crippen LogP contribution in [0.25, 0.3) is 0 Å². The summed E-state index contributed by atoms with van der Waals surface area (Å²) in [6.45, 7) is 7.44. The predicted molar refractivity (Wildman–Crippen MR) is 72.9 cm³/mol. The molecule has 1 aliphatic heterocycles. The summed E-state index contributed by atoms with van der Waals surface area (Å²) in [7, 11) is 0. The van der Waals surface area contributed by atoms with E-state index in [1.165, 1.54) is 5.56 Å². The molecule has 100 valence electrons. The number of benzene rings is 1. The first-order chi connectivity index (χ1) is 8.50. The fraction of sp³-hybridized carbons (Fsp3) is 0.600. The van der Waals surface area contributed by atoms with Gasteiger partial charge < -0.3 is 5.73 Å². The van der Waals surface area contributed by atoms with Crippen molar-refractivity contribution in [2.75, 3.05) is 6.54 Å². The normalized spacial score (nSPS) is 25.7. The van der Waals surface area contributed by atoms with Gasteiger partial charge in [0, 0.05) is 12.1 Å². The molecule has 2 unspecified atom stereocenters. The lowest BCUT2D eigenvalue weighted by molar-refractivity contribution is 0.0942. The van der Waals surface area contributed by atoms with Gasteiger partial charge in [-0.2, -0.15) is 0 Å². The number of nitrogens with zero attached hydrogens (tertiary/aromatic N) is 1. The number of likely N-dealkylation sites (tertiary alicyclic amines) is 1. The van der Waals surface area contributed by atoms with E-state index in [2.05, 4.69) is 18.7 Å². The van der Waals surface area contributed by atoms with Crippen molar-refractivity contribution in [2.24, 2.45) is 5.73 Å². The molecular weight excluding hydrogens is 227 g/mol. The summed E-state index contributed by atoms with van der Waals surface area (Å²) in [4.78, 5) is 2.44. The van der Waals surface area contributed by atoms with Crippen LogP contribution in [0.3, 0.4) is 0 Å². The molecule has 3 heteroatoms. The van der Waals surface area contributed by atoms with Crippen LogP contribution in [0.4, 0.5) is 4.39 Å². The minimum atomic E-state index is -0.170. The van der Waals surface area contributed by atoms with Gasteiger partial charge in [-0.1, -0.05) is 6.07 Å². The Hall–Kier alpha value is -0.930. The standard InChI is InChI=1S/C15H23FN2/c1-10(2)18-8-4-5-14(17)15(18)13-7-6-12(16)9-11(13)3/h6-7,9-10,14-15H,4-5,8,17H2,1-3H3. The van der Waals surface area contributed by atoms with E-state index in [0.29, 0.717) is 6.04 Å². The van der Waals surface area contributed by atoms with Gasteiger partial charge in [-0.05, 0) is 63.4 Å². The molecule has 2 nitrogen and oxygen atoms in total. The van der Waals surface area contributed by atoms with Crippen molar-refractivity contribution < 1.29 is 4.39 Å².